The molecule has 2 heterocycles. The zero-order valence-electron chi connectivity index (χ0n) is 7.97. The standard InChI is InChI=1S/C9H9N3O2S/c1-15-6-2-3-8-10-7(11-9(13)14)5-12(8)4-6/h2-5,11H,1H3,(H,13,14). The van der Waals surface area contributed by atoms with E-state index in [1.807, 2.05) is 24.6 Å². The molecule has 0 saturated carbocycles. The number of hydrogen-bond donors (Lipinski definition) is 2. The maximum absolute atomic E-state index is 10.4. The Labute approximate surface area is 90.1 Å². The van der Waals surface area contributed by atoms with Crippen LogP contribution in [0.1, 0.15) is 0 Å². The van der Waals surface area contributed by atoms with Gasteiger partial charge in [-0.1, -0.05) is 0 Å². The fourth-order valence-electron chi connectivity index (χ4n) is 1.26. The van der Waals surface area contributed by atoms with E-state index in [1.54, 1.807) is 22.4 Å². The number of nitrogens with one attached hydrogen (secondary N) is 1. The van der Waals surface area contributed by atoms with Gasteiger partial charge in [-0.25, -0.2) is 9.78 Å². The molecule has 0 fully saturated rings. The summed E-state index contributed by atoms with van der Waals surface area (Å²) in [7, 11) is 0. The van der Waals surface area contributed by atoms with Gasteiger partial charge < -0.3 is 9.51 Å². The molecular weight excluding hydrogens is 214 g/mol. The summed E-state index contributed by atoms with van der Waals surface area (Å²) in [4.78, 5) is 15.6. The first-order valence-corrected chi connectivity index (χ1v) is 5.44. The number of thioether (sulfide) groups is 1. The minimum atomic E-state index is -1.11. The Morgan fingerprint density at radius 3 is 3.00 bits per heavy atom. The van der Waals surface area contributed by atoms with Gasteiger partial charge in [0.05, 0.1) is 6.20 Å². The number of imidazole rings is 1. The van der Waals surface area contributed by atoms with Crippen molar-refractivity contribution in [3.05, 3.63) is 24.5 Å². The fraction of sp³-hybridized carbons (Fsp3) is 0.111. The summed E-state index contributed by atoms with van der Waals surface area (Å²) < 4.78 is 1.79. The van der Waals surface area contributed by atoms with Crippen LogP contribution < -0.4 is 5.32 Å². The third kappa shape index (κ3) is 2.04. The molecule has 0 saturated heterocycles. The van der Waals surface area contributed by atoms with Crippen molar-refractivity contribution in [3.8, 4) is 0 Å². The average molecular weight is 223 g/mol. The number of anilines is 1. The van der Waals surface area contributed by atoms with Crippen LogP contribution in [0, 0.1) is 0 Å². The lowest BCUT2D eigenvalue weighted by Crippen LogP contribution is -2.06. The molecule has 2 rings (SSSR count). The number of rotatable bonds is 2. The molecule has 0 unspecified atom stereocenters. The van der Waals surface area contributed by atoms with Crippen molar-refractivity contribution in [2.45, 2.75) is 4.90 Å². The molecule has 5 nitrogen and oxygen atoms in total. The second-order valence-corrected chi connectivity index (χ2v) is 3.77. The van der Waals surface area contributed by atoms with Crippen molar-refractivity contribution < 1.29 is 9.90 Å². The summed E-state index contributed by atoms with van der Waals surface area (Å²) in [6, 6.07) is 3.79. The van der Waals surface area contributed by atoms with E-state index in [2.05, 4.69) is 10.3 Å². The van der Waals surface area contributed by atoms with Crippen molar-refractivity contribution in [1.29, 1.82) is 0 Å². The second-order valence-electron chi connectivity index (χ2n) is 2.89. The normalized spacial score (nSPS) is 10.5. The molecule has 0 aliphatic carbocycles. The fourth-order valence-corrected chi connectivity index (χ4v) is 1.69. The van der Waals surface area contributed by atoms with E-state index in [0.717, 1.165) is 10.5 Å². The summed E-state index contributed by atoms with van der Waals surface area (Å²) in [5.74, 6) is 0.334. The molecule has 0 aliphatic rings. The van der Waals surface area contributed by atoms with E-state index >= 15 is 0 Å². The Balaban J connectivity index is 2.42. The number of aromatic nitrogens is 2. The first kappa shape index (κ1) is 9.85. The van der Waals surface area contributed by atoms with Crippen molar-refractivity contribution >= 4 is 29.3 Å². The second kappa shape index (κ2) is 3.82. The lowest BCUT2D eigenvalue weighted by molar-refractivity contribution is 0.209. The Morgan fingerprint density at radius 1 is 1.53 bits per heavy atom. The van der Waals surface area contributed by atoms with Crippen LogP contribution in [0.5, 0.6) is 0 Å². The van der Waals surface area contributed by atoms with Gasteiger partial charge in [0.1, 0.15) is 5.65 Å². The predicted octanol–water partition coefficient (Wildman–Crippen LogP) is 2.15. The van der Waals surface area contributed by atoms with Gasteiger partial charge in [0.2, 0.25) is 0 Å². The third-order valence-corrected chi connectivity index (χ3v) is 2.61. The van der Waals surface area contributed by atoms with Gasteiger partial charge in [-0.2, -0.15) is 0 Å². The summed E-state index contributed by atoms with van der Waals surface area (Å²) in [6.45, 7) is 0. The summed E-state index contributed by atoms with van der Waals surface area (Å²) >= 11 is 1.62. The number of pyridine rings is 1. The molecule has 78 valence electrons. The molecule has 0 aliphatic heterocycles. The first-order chi connectivity index (χ1) is 7.19. The van der Waals surface area contributed by atoms with Crippen molar-refractivity contribution in [1.82, 2.24) is 9.38 Å². The Morgan fingerprint density at radius 2 is 2.33 bits per heavy atom. The van der Waals surface area contributed by atoms with Crippen LogP contribution in [0.4, 0.5) is 10.6 Å². The van der Waals surface area contributed by atoms with Crippen molar-refractivity contribution in [3.63, 3.8) is 0 Å². The van der Waals surface area contributed by atoms with Crippen LogP contribution in [0.15, 0.2) is 29.4 Å². The maximum Gasteiger partial charge on any atom is 0.410 e. The predicted molar refractivity (Wildman–Crippen MR) is 58.6 cm³/mol. The van der Waals surface area contributed by atoms with Gasteiger partial charge in [-0.3, -0.25) is 5.32 Å². The summed E-state index contributed by atoms with van der Waals surface area (Å²) in [5.41, 5.74) is 0.719. The molecule has 6 heteroatoms. The molecule has 0 bridgehead atoms. The van der Waals surface area contributed by atoms with Gasteiger partial charge in [0, 0.05) is 11.1 Å². The Hall–Kier alpha value is -1.69. The van der Waals surface area contributed by atoms with E-state index in [-0.39, 0.29) is 0 Å². The Bertz CT molecular complexity index is 509. The summed E-state index contributed by atoms with van der Waals surface area (Å²) in [5, 5.41) is 10.7. The smallest absolute Gasteiger partial charge is 0.410 e. The minimum Gasteiger partial charge on any atom is -0.465 e. The number of carboxylic acid groups (broad SMARTS) is 1. The maximum atomic E-state index is 10.4. The molecule has 0 spiro atoms. The van der Waals surface area contributed by atoms with E-state index in [1.165, 1.54) is 0 Å². The van der Waals surface area contributed by atoms with Crippen LogP contribution in [-0.2, 0) is 0 Å². The van der Waals surface area contributed by atoms with Gasteiger partial charge in [-0.15, -0.1) is 11.8 Å². The molecule has 2 aromatic rings. The lowest BCUT2D eigenvalue weighted by Gasteiger charge is -1.96. The molecule has 2 N–H and O–H groups in total. The van der Waals surface area contributed by atoms with E-state index < -0.39 is 6.09 Å². The lowest BCUT2D eigenvalue weighted by atomic mass is 10.5. The topological polar surface area (TPSA) is 66.6 Å². The highest BCUT2D eigenvalue weighted by molar-refractivity contribution is 7.98. The molecule has 0 atom stereocenters. The SMILES string of the molecule is CSc1ccc2nc(NC(=O)O)cn2c1. The van der Waals surface area contributed by atoms with E-state index in [4.69, 9.17) is 5.11 Å². The van der Waals surface area contributed by atoms with Gasteiger partial charge in [0.25, 0.3) is 0 Å². The van der Waals surface area contributed by atoms with Crippen LogP contribution in [0.25, 0.3) is 5.65 Å². The Kier molecular flexibility index (Phi) is 2.51. The molecule has 15 heavy (non-hydrogen) atoms. The monoisotopic (exact) mass is 223 g/mol. The van der Waals surface area contributed by atoms with Crippen LogP contribution in [-0.4, -0.2) is 26.8 Å². The third-order valence-electron chi connectivity index (χ3n) is 1.89. The van der Waals surface area contributed by atoms with E-state index in [0.29, 0.717) is 5.82 Å². The van der Waals surface area contributed by atoms with Crippen LogP contribution in [0.2, 0.25) is 0 Å². The number of fused-ring (bicyclic) bond motifs is 1. The van der Waals surface area contributed by atoms with Crippen LogP contribution >= 0.6 is 11.8 Å². The molecule has 2 aromatic heterocycles. The summed E-state index contributed by atoms with van der Waals surface area (Å²) in [6.07, 6.45) is 4.42. The van der Waals surface area contributed by atoms with E-state index in [9.17, 15) is 4.79 Å². The molecule has 0 aromatic carbocycles. The van der Waals surface area contributed by atoms with Crippen molar-refractivity contribution in [2.24, 2.45) is 0 Å². The largest absolute Gasteiger partial charge is 0.465 e. The van der Waals surface area contributed by atoms with Gasteiger partial charge >= 0.3 is 6.09 Å². The highest BCUT2D eigenvalue weighted by Gasteiger charge is 2.04. The molecule has 0 radical (unpaired) electrons. The number of nitrogens with zero attached hydrogens (tertiary/aromatic N) is 2. The molecular formula is C9H9N3O2S. The number of amides is 1. The number of carbonyl (C=O) groups is 1. The van der Waals surface area contributed by atoms with Gasteiger partial charge in [0.15, 0.2) is 5.82 Å². The zero-order chi connectivity index (χ0) is 10.8. The highest BCUT2D eigenvalue weighted by Crippen LogP contribution is 2.17. The van der Waals surface area contributed by atoms with Crippen LogP contribution in [0.3, 0.4) is 0 Å². The number of hydrogen-bond acceptors (Lipinski definition) is 3. The van der Waals surface area contributed by atoms with Crippen molar-refractivity contribution in [2.75, 3.05) is 11.6 Å². The quantitative estimate of drug-likeness (QED) is 0.765. The molecule has 1 amide bonds. The zero-order valence-corrected chi connectivity index (χ0v) is 8.78. The van der Waals surface area contributed by atoms with Gasteiger partial charge in [-0.05, 0) is 18.4 Å². The average Bonchev–Trinajstić information content (AvgIpc) is 2.57. The minimum absolute atomic E-state index is 0.334. The highest BCUT2D eigenvalue weighted by atomic mass is 32.2. The first-order valence-electron chi connectivity index (χ1n) is 4.22.